The third-order valence-corrected chi connectivity index (χ3v) is 4.72. The van der Waals surface area contributed by atoms with Gasteiger partial charge in [-0.25, -0.2) is 0 Å². The van der Waals surface area contributed by atoms with Crippen molar-refractivity contribution in [3.8, 4) is 0 Å². The monoisotopic (exact) mass is 246 g/mol. The lowest BCUT2D eigenvalue weighted by Gasteiger charge is -2.49. The maximum atomic E-state index is 5.95. The van der Waals surface area contributed by atoms with E-state index in [4.69, 9.17) is 5.73 Å². The van der Waals surface area contributed by atoms with Crippen molar-refractivity contribution >= 4 is 5.69 Å². The van der Waals surface area contributed by atoms with E-state index in [-0.39, 0.29) is 5.54 Å². The van der Waals surface area contributed by atoms with E-state index in [1.54, 1.807) is 0 Å². The fourth-order valence-electron chi connectivity index (χ4n) is 3.12. The van der Waals surface area contributed by atoms with Gasteiger partial charge in [0.05, 0.1) is 0 Å². The van der Waals surface area contributed by atoms with E-state index in [1.165, 1.54) is 29.7 Å². The Morgan fingerprint density at radius 1 is 1.28 bits per heavy atom. The van der Waals surface area contributed by atoms with Gasteiger partial charge in [0.15, 0.2) is 0 Å². The molecule has 1 atom stereocenters. The molecule has 18 heavy (non-hydrogen) atoms. The number of nitrogens with two attached hydrogens (primary N) is 1. The summed E-state index contributed by atoms with van der Waals surface area (Å²) in [5.74, 6) is 0.591. The lowest BCUT2D eigenvalue weighted by atomic mass is 9.78. The minimum atomic E-state index is 0.161. The Kier molecular flexibility index (Phi) is 3.67. The van der Waals surface area contributed by atoms with Gasteiger partial charge in [-0.2, -0.15) is 0 Å². The first-order valence-corrected chi connectivity index (χ1v) is 7.01. The predicted molar refractivity (Wildman–Crippen MR) is 79.1 cm³/mol. The van der Waals surface area contributed by atoms with Crippen molar-refractivity contribution in [2.45, 2.75) is 46.1 Å². The van der Waals surface area contributed by atoms with Crippen LogP contribution in [0.25, 0.3) is 0 Å². The number of nitrogens with zero attached hydrogens (tertiary/aromatic N) is 1. The van der Waals surface area contributed by atoms with Crippen molar-refractivity contribution in [3.63, 3.8) is 0 Å². The Morgan fingerprint density at radius 2 is 2.00 bits per heavy atom. The Bertz CT molecular complexity index is 423. The van der Waals surface area contributed by atoms with E-state index < -0.39 is 0 Å². The number of hydrogen-bond acceptors (Lipinski definition) is 2. The van der Waals surface area contributed by atoms with E-state index >= 15 is 0 Å². The van der Waals surface area contributed by atoms with E-state index in [0.717, 1.165) is 13.1 Å². The predicted octanol–water partition coefficient (Wildman–Crippen LogP) is 3.26. The van der Waals surface area contributed by atoms with Crippen molar-refractivity contribution in [2.24, 2.45) is 11.7 Å². The Hall–Kier alpha value is -1.02. The Morgan fingerprint density at radius 3 is 2.61 bits per heavy atom. The molecule has 0 saturated carbocycles. The maximum Gasteiger partial charge on any atom is 0.0386 e. The van der Waals surface area contributed by atoms with Crippen LogP contribution in [0.2, 0.25) is 0 Å². The highest BCUT2D eigenvalue weighted by Gasteiger charge is 2.37. The molecule has 2 heteroatoms. The molecule has 2 rings (SSSR count). The van der Waals surface area contributed by atoms with Gasteiger partial charge in [0.2, 0.25) is 0 Å². The van der Waals surface area contributed by atoms with Crippen LogP contribution in [0, 0.1) is 19.8 Å². The normalized spacial score (nSPS) is 23.2. The third-order valence-electron chi connectivity index (χ3n) is 4.72. The van der Waals surface area contributed by atoms with Gasteiger partial charge >= 0.3 is 0 Å². The minimum Gasteiger partial charge on any atom is -0.366 e. The number of benzene rings is 1. The molecule has 1 aliphatic heterocycles. The summed E-state index contributed by atoms with van der Waals surface area (Å²) in [7, 11) is 0. The van der Waals surface area contributed by atoms with Crippen LogP contribution in [0.1, 0.15) is 37.8 Å². The molecule has 1 fully saturated rings. The average Bonchev–Trinajstić information content (AvgIpc) is 2.32. The molecule has 0 aliphatic carbocycles. The van der Waals surface area contributed by atoms with Crippen LogP contribution < -0.4 is 10.6 Å². The van der Waals surface area contributed by atoms with Crippen LogP contribution in [0.15, 0.2) is 18.2 Å². The van der Waals surface area contributed by atoms with Crippen LogP contribution >= 0.6 is 0 Å². The van der Waals surface area contributed by atoms with E-state index in [2.05, 4.69) is 50.8 Å². The highest BCUT2D eigenvalue weighted by Crippen LogP contribution is 2.36. The molecule has 1 unspecified atom stereocenters. The smallest absolute Gasteiger partial charge is 0.0386 e. The lowest BCUT2D eigenvalue weighted by molar-refractivity contribution is 0.244. The van der Waals surface area contributed by atoms with Crippen molar-refractivity contribution in [3.05, 3.63) is 29.3 Å². The van der Waals surface area contributed by atoms with Crippen molar-refractivity contribution < 1.29 is 0 Å². The summed E-state index contributed by atoms with van der Waals surface area (Å²) in [5.41, 5.74) is 10.2. The molecule has 1 heterocycles. The minimum absolute atomic E-state index is 0.161. The van der Waals surface area contributed by atoms with Gasteiger partial charge in [-0.3, -0.25) is 0 Å². The van der Waals surface area contributed by atoms with Gasteiger partial charge in [0, 0.05) is 17.8 Å². The van der Waals surface area contributed by atoms with Gasteiger partial charge in [-0.15, -0.1) is 0 Å². The molecular weight excluding hydrogens is 220 g/mol. The quantitative estimate of drug-likeness (QED) is 0.868. The third kappa shape index (κ3) is 2.26. The molecule has 0 radical (unpaired) electrons. The van der Waals surface area contributed by atoms with E-state index in [9.17, 15) is 0 Å². The molecule has 1 saturated heterocycles. The number of aryl methyl sites for hydroxylation is 2. The number of rotatable bonds is 2. The lowest BCUT2D eigenvalue weighted by Crippen LogP contribution is -2.55. The molecule has 2 nitrogen and oxygen atoms in total. The van der Waals surface area contributed by atoms with Crippen molar-refractivity contribution in [2.75, 3.05) is 18.0 Å². The van der Waals surface area contributed by atoms with Crippen LogP contribution in [0.5, 0.6) is 0 Å². The molecule has 0 amide bonds. The van der Waals surface area contributed by atoms with E-state index in [1.807, 2.05) is 0 Å². The fourth-order valence-corrected chi connectivity index (χ4v) is 3.12. The van der Waals surface area contributed by atoms with Crippen LogP contribution in [0.3, 0.4) is 0 Å². The maximum absolute atomic E-state index is 5.95. The molecule has 0 bridgehead atoms. The second kappa shape index (κ2) is 4.93. The largest absolute Gasteiger partial charge is 0.366 e. The summed E-state index contributed by atoms with van der Waals surface area (Å²) in [5, 5.41) is 0. The summed E-state index contributed by atoms with van der Waals surface area (Å²) in [4.78, 5) is 2.54. The second-order valence-corrected chi connectivity index (χ2v) is 6.15. The number of piperidine rings is 1. The summed E-state index contributed by atoms with van der Waals surface area (Å²) in [6, 6.07) is 6.80. The summed E-state index contributed by atoms with van der Waals surface area (Å²) in [6.45, 7) is 11.0. The van der Waals surface area contributed by atoms with Crippen molar-refractivity contribution in [1.29, 1.82) is 0 Å². The highest BCUT2D eigenvalue weighted by atomic mass is 15.2. The first-order chi connectivity index (χ1) is 8.46. The average molecular weight is 246 g/mol. The SMILES string of the molecule is Cc1ccc(N2CCCC(CN)C2(C)C)cc1C. The second-order valence-electron chi connectivity index (χ2n) is 6.15. The number of hydrogen-bond donors (Lipinski definition) is 1. The summed E-state index contributed by atoms with van der Waals surface area (Å²) >= 11 is 0. The van der Waals surface area contributed by atoms with E-state index in [0.29, 0.717) is 5.92 Å². The van der Waals surface area contributed by atoms with Crippen LogP contribution in [-0.4, -0.2) is 18.6 Å². The molecule has 1 aromatic carbocycles. The first kappa shape index (κ1) is 13.4. The Balaban J connectivity index is 2.33. The summed E-state index contributed by atoms with van der Waals surface area (Å²) < 4.78 is 0. The van der Waals surface area contributed by atoms with Gasteiger partial charge in [0.1, 0.15) is 0 Å². The first-order valence-electron chi connectivity index (χ1n) is 7.01. The van der Waals surface area contributed by atoms with Gasteiger partial charge in [0.25, 0.3) is 0 Å². The zero-order valence-corrected chi connectivity index (χ0v) is 12.2. The van der Waals surface area contributed by atoms with Crippen LogP contribution in [0.4, 0.5) is 5.69 Å². The molecule has 100 valence electrons. The molecule has 1 aliphatic rings. The summed E-state index contributed by atoms with van der Waals surface area (Å²) in [6.07, 6.45) is 2.50. The Labute approximate surface area is 111 Å². The molecule has 0 spiro atoms. The standard InChI is InChI=1S/C16H26N2/c1-12-7-8-15(10-13(12)2)18-9-5-6-14(11-17)16(18,3)4/h7-8,10,14H,5-6,9,11,17H2,1-4H3. The van der Waals surface area contributed by atoms with Gasteiger partial charge in [-0.1, -0.05) is 6.07 Å². The molecule has 0 aromatic heterocycles. The van der Waals surface area contributed by atoms with Crippen molar-refractivity contribution in [1.82, 2.24) is 0 Å². The zero-order chi connectivity index (χ0) is 13.3. The molecule has 2 N–H and O–H groups in total. The van der Waals surface area contributed by atoms with Gasteiger partial charge < -0.3 is 10.6 Å². The number of anilines is 1. The topological polar surface area (TPSA) is 29.3 Å². The molecule has 1 aromatic rings. The van der Waals surface area contributed by atoms with Crippen LogP contribution in [-0.2, 0) is 0 Å². The highest BCUT2D eigenvalue weighted by molar-refractivity contribution is 5.53. The zero-order valence-electron chi connectivity index (χ0n) is 12.2. The van der Waals surface area contributed by atoms with Gasteiger partial charge in [-0.05, 0) is 76.3 Å². The fraction of sp³-hybridized carbons (Fsp3) is 0.625. The molecular formula is C16H26N2.